The lowest BCUT2D eigenvalue weighted by atomic mass is 10.0. The van der Waals surface area contributed by atoms with E-state index >= 15 is 0 Å². The molecule has 0 aromatic heterocycles. The fourth-order valence-corrected chi connectivity index (χ4v) is 1.03. The molecule has 0 spiro atoms. The van der Waals surface area contributed by atoms with Crippen LogP contribution in [0, 0.1) is 5.92 Å². The van der Waals surface area contributed by atoms with Gasteiger partial charge in [-0.25, -0.2) is 8.78 Å². The second-order valence-corrected chi connectivity index (χ2v) is 2.86. The Hall–Kier alpha value is -0.960. The van der Waals surface area contributed by atoms with Crippen molar-refractivity contribution in [3.63, 3.8) is 0 Å². The van der Waals surface area contributed by atoms with Crippen LogP contribution in [0.5, 0.6) is 0 Å². The summed E-state index contributed by atoms with van der Waals surface area (Å²) in [7, 11) is 0. The quantitative estimate of drug-likeness (QED) is 0.767. The molecule has 0 heterocycles. The number of rotatable bonds is 3. The number of aliphatic hydroxyl groups excluding tert-OH is 1. The number of aliphatic hydroxyl groups is 1. The molecule has 0 aliphatic heterocycles. The smallest absolute Gasteiger partial charge is 0.263 e. The number of hydrogen-bond acceptors (Lipinski definition) is 1. The van der Waals surface area contributed by atoms with Crippen molar-refractivity contribution < 1.29 is 13.9 Å². The summed E-state index contributed by atoms with van der Waals surface area (Å²) < 4.78 is 24.5. The Morgan fingerprint density at radius 3 is 2.69 bits per heavy atom. The van der Waals surface area contributed by atoms with Gasteiger partial charge in [0.25, 0.3) is 6.43 Å². The maximum atomic E-state index is 12.2. The molecule has 1 aromatic rings. The third kappa shape index (κ3) is 2.49. The van der Waals surface area contributed by atoms with Crippen molar-refractivity contribution in [2.24, 2.45) is 0 Å². The van der Waals surface area contributed by atoms with Crippen LogP contribution >= 0.6 is 0 Å². The average molecular weight is 185 g/mol. The second-order valence-electron chi connectivity index (χ2n) is 2.86. The number of halogens is 2. The minimum absolute atomic E-state index is 0.00898. The van der Waals surface area contributed by atoms with Gasteiger partial charge in [0.05, 0.1) is 6.61 Å². The molecule has 0 unspecified atom stereocenters. The Labute approximate surface area is 76.0 Å². The summed E-state index contributed by atoms with van der Waals surface area (Å²) in [4.78, 5) is 0. The normalized spacial score (nSPS) is 11.2. The summed E-state index contributed by atoms with van der Waals surface area (Å²) >= 11 is 0. The highest BCUT2D eigenvalue weighted by Crippen LogP contribution is 2.22. The maximum absolute atomic E-state index is 12.2. The minimum Gasteiger partial charge on any atom is -0.395 e. The van der Waals surface area contributed by atoms with Gasteiger partial charge in [-0.1, -0.05) is 25.1 Å². The predicted octanol–water partition coefficient (Wildman–Crippen LogP) is 2.56. The molecule has 0 fully saturated rings. The maximum Gasteiger partial charge on any atom is 0.263 e. The van der Waals surface area contributed by atoms with E-state index in [0.29, 0.717) is 11.5 Å². The molecule has 1 nitrogen and oxygen atoms in total. The molecule has 1 N–H and O–H groups in total. The van der Waals surface area contributed by atoms with Gasteiger partial charge in [-0.15, -0.1) is 0 Å². The standard InChI is InChI=1S/C10H11F2O/c1-7(6-13)8-3-2-4-9(5-8)10(11)12/h2-5,10,13H,6H2,1H3. The zero-order valence-corrected chi connectivity index (χ0v) is 7.30. The summed E-state index contributed by atoms with van der Waals surface area (Å²) in [5, 5.41) is 8.79. The Kier molecular flexibility index (Phi) is 3.37. The van der Waals surface area contributed by atoms with Crippen molar-refractivity contribution in [3.05, 3.63) is 41.3 Å². The number of benzene rings is 1. The first kappa shape index (κ1) is 10.1. The SMILES string of the molecule is C[C](CO)c1cccc(C(F)F)c1. The largest absolute Gasteiger partial charge is 0.395 e. The molecule has 1 rings (SSSR count). The minimum atomic E-state index is -2.45. The van der Waals surface area contributed by atoms with Gasteiger partial charge >= 0.3 is 0 Å². The van der Waals surface area contributed by atoms with Crippen molar-refractivity contribution in [1.29, 1.82) is 0 Å². The van der Waals surface area contributed by atoms with Crippen molar-refractivity contribution in [2.45, 2.75) is 13.3 Å². The molecule has 71 valence electrons. The van der Waals surface area contributed by atoms with Gasteiger partial charge in [0.1, 0.15) is 0 Å². The molecule has 13 heavy (non-hydrogen) atoms. The number of hydrogen-bond donors (Lipinski definition) is 1. The molecule has 0 saturated carbocycles. The third-order valence-electron chi connectivity index (χ3n) is 1.87. The Bertz CT molecular complexity index is 273. The van der Waals surface area contributed by atoms with Crippen LogP contribution in [0.15, 0.2) is 24.3 Å². The summed E-state index contributed by atoms with van der Waals surface area (Å²) in [6, 6.07) is 6.04. The first-order chi connectivity index (χ1) is 6.15. The van der Waals surface area contributed by atoms with Gasteiger partial charge in [-0.3, -0.25) is 0 Å². The van der Waals surface area contributed by atoms with Crippen molar-refractivity contribution in [3.8, 4) is 0 Å². The van der Waals surface area contributed by atoms with E-state index in [9.17, 15) is 8.78 Å². The van der Waals surface area contributed by atoms with Crippen LogP contribution < -0.4 is 0 Å². The van der Waals surface area contributed by atoms with E-state index in [0.717, 1.165) is 0 Å². The topological polar surface area (TPSA) is 20.2 Å². The molecule has 3 heteroatoms. The van der Waals surface area contributed by atoms with E-state index < -0.39 is 6.43 Å². The molecule has 0 saturated heterocycles. The van der Waals surface area contributed by atoms with Crippen LogP contribution in [0.2, 0.25) is 0 Å². The van der Waals surface area contributed by atoms with Crippen molar-refractivity contribution in [1.82, 2.24) is 0 Å². The Morgan fingerprint density at radius 1 is 1.46 bits per heavy atom. The van der Waals surface area contributed by atoms with Crippen LogP contribution in [0.25, 0.3) is 0 Å². The Morgan fingerprint density at radius 2 is 2.15 bits per heavy atom. The lowest BCUT2D eigenvalue weighted by Crippen LogP contribution is -2.00. The number of alkyl halides is 2. The van der Waals surface area contributed by atoms with Crippen LogP contribution in [0.3, 0.4) is 0 Å². The van der Waals surface area contributed by atoms with E-state index in [-0.39, 0.29) is 12.2 Å². The van der Waals surface area contributed by atoms with Gasteiger partial charge in [0.15, 0.2) is 0 Å². The molecule has 1 aromatic carbocycles. The van der Waals surface area contributed by atoms with Crippen LogP contribution in [-0.4, -0.2) is 11.7 Å². The van der Waals surface area contributed by atoms with E-state index in [4.69, 9.17) is 5.11 Å². The third-order valence-corrected chi connectivity index (χ3v) is 1.87. The van der Waals surface area contributed by atoms with Crippen LogP contribution in [0.4, 0.5) is 8.78 Å². The zero-order valence-electron chi connectivity index (χ0n) is 7.30. The Balaban J connectivity index is 2.91. The molecular weight excluding hydrogens is 174 g/mol. The summed E-state index contributed by atoms with van der Waals surface area (Å²) in [5.74, 6) is 0.697. The fraction of sp³-hybridized carbons (Fsp3) is 0.300. The van der Waals surface area contributed by atoms with Crippen LogP contribution in [-0.2, 0) is 0 Å². The molecule has 0 atom stereocenters. The van der Waals surface area contributed by atoms with Gasteiger partial charge in [-0.2, -0.15) is 0 Å². The van der Waals surface area contributed by atoms with Gasteiger partial charge < -0.3 is 5.11 Å². The van der Waals surface area contributed by atoms with E-state index in [1.165, 1.54) is 12.1 Å². The summed E-state index contributed by atoms with van der Waals surface area (Å²) in [6.45, 7) is 1.61. The van der Waals surface area contributed by atoms with E-state index in [1.54, 1.807) is 19.1 Å². The van der Waals surface area contributed by atoms with Gasteiger partial charge in [0, 0.05) is 11.5 Å². The monoisotopic (exact) mass is 185 g/mol. The van der Waals surface area contributed by atoms with Crippen LogP contribution in [0.1, 0.15) is 24.5 Å². The van der Waals surface area contributed by atoms with Gasteiger partial charge in [-0.05, 0) is 11.6 Å². The first-order valence-electron chi connectivity index (χ1n) is 3.97. The van der Waals surface area contributed by atoms with E-state index in [2.05, 4.69) is 0 Å². The molecule has 0 aliphatic rings. The molecule has 0 amide bonds. The predicted molar refractivity (Wildman–Crippen MR) is 46.5 cm³/mol. The average Bonchev–Trinajstić information content (AvgIpc) is 2.17. The molecule has 1 radical (unpaired) electrons. The summed E-state index contributed by atoms with van der Waals surface area (Å²) in [5.41, 5.74) is 0.658. The second kappa shape index (κ2) is 4.33. The van der Waals surface area contributed by atoms with Crippen molar-refractivity contribution in [2.75, 3.05) is 6.61 Å². The van der Waals surface area contributed by atoms with Crippen molar-refractivity contribution >= 4 is 0 Å². The lowest BCUT2D eigenvalue weighted by Gasteiger charge is -2.08. The summed E-state index contributed by atoms with van der Waals surface area (Å²) in [6.07, 6.45) is -2.45. The highest BCUT2D eigenvalue weighted by molar-refractivity contribution is 5.33. The highest BCUT2D eigenvalue weighted by atomic mass is 19.3. The molecule has 0 aliphatic carbocycles. The first-order valence-corrected chi connectivity index (χ1v) is 3.97. The zero-order chi connectivity index (χ0) is 9.84. The van der Waals surface area contributed by atoms with Gasteiger partial charge in [0.2, 0.25) is 0 Å². The molecule has 0 bridgehead atoms. The highest BCUT2D eigenvalue weighted by Gasteiger charge is 2.10. The fourth-order valence-electron chi connectivity index (χ4n) is 1.03. The van der Waals surface area contributed by atoms with E-state index in [1.807, 2.05) is 0 Å². The lowest BCUT2D eigenvalue weighted by molar-refractivity contribution is 0.151. The molecular formula is C10H11F2O.